The van der Waals surface area contributed by atoms with E-state index in [2.05, 4.69) is 52.2 Å². The molecule has 166 valence electrons. The summed E-state index contributed by atoms with van der Waals surface area (Å²) in [7, 11) is 0. The largest absolute Gasteiger partial charge is 0.457 e. The van der Waals surface area contributed by atoms with Crippen molar-refractivity contribution in [1.29, 1.82) is 0 Å². The van der Waals surface area contributed by atoms with Gasteiger partial charge in [-0.15, -0.1) is 4.80 Å². The van der Waals surface area contributed by atoms with Crippen molar-refractivity contribution in [2.45, 2.75) is 52.9 Å². The summed E-state index contributed by atoms with van der Waals surface area (Å²) in [6.07, 6.45) is 3.68. The highest BCUT2D eigenvalue weighted by atomic mass is 16.5. The molecule has 2 aromatic heterocycles. The number of nitrogens with zero attached hydrogens (tertiary/aromatic N) is 5. The molecule has 0 aliphatic carbocycles. The van der Waals surface area contributed by atoms with Crippen LogP contribution in [0.25, 0.3) is 5.82 Å². The summed E-state index contributed by atoms with van der Waals surface area (Å²) in [5, 5.41) is 12.8. The SMILES string of the molecule is Cc1cnc(-n2ncc(CN3C[C@@H](c4ccc5c(c4C)COC5=O)N[C@@H](C)C3)n2)cc1C. The highest BCUT2D eigenvalue weighted by Gasteiger charge is 2.30. The van der Waals surface area contributed by atoms with Crippen LogP contribution in [0, 0.1) is 20.8 Å². The number of fused-ring (bicyclic) bond motifs is 1. The van der Waals surface area contributed by atoms with E-state index in [9.17, 15) is 4.79 Å². The lowest BCUT2D eigenvalue weighted by atomic mass is 9.92. The number of cyclic esters (lactones) is 1. The Balaban J connectivity index is 1.33. The van der Waals surface area contributed by atoms with E-state index in [1.807, 2.05) is 31.5 Å². The predicted molar refractivity (Wildman–Crippen MR) is 120 cm³/mol. The van der Waals surface area contributed by atoms with E-state index in [0.717, 1.165) is 47.8 Å². The predicted octanol–water partition coefficient (Wildman–Crippen LogP) is 2.79. The lowest BCUT2D eigenvalue weighted by Crippen LogP contribution is -2.50. The highest BCUT2D eigenvalue weighted by molar-refractivity contribution is 5.94. The summed E-state index contributed by atoms with van der Waals surface area (Å²) in [6.45, 7) is 11.3. The number of pyridine rings is 1. The molecule has 1 aromatic carbocycles. The van der Waals surface area contributed by atoms with Crippen molar-refractivity contribution in [2.24, 2.45) is 0 Å². The molecule has 4 heterocycles. The summed E-state index contributed by atoms with van der Waals surface area (Å²) in [4.78, 5) is 20.4. The fourth-order valence-electron chi connectivity index (χ4n) is 4.66. The van der Waals surface area contributed by atoms with E-state index in [1.165, 1.54) is 11.1 Å². The van der Waals surface area contributed by atoms with Crippen LogP contribution in [0.4, 0.5) is 0 Å². The Morgan fingerprint density at radius 2 is 2.00 bits per heavy atom. The second-order valence-electron chi connectivity index (χ2n) is 8.95. The molecule has 5 rings (SSSR count). The van der Waals surface area contributed by atoms with Crippen LogP contribution in [0.2, 0.25) is 0 Å². The van der Waals surface area contributed by atoms with E-state index < -0.39 is 0 Å². The molecule has 3 aromatic rings. The molecular weight excluding hydrogens is 404 g/mol. The van der Waals surface area contributed by atoms with Crippen molar-refractivity contribution in [3.8, 4) is 5.82 Å². The maximum atomic E-state index is 11.9. The fourth-order valence-corrected chi connectivity index (χ4v) is 4.66. The second-order valence-corrected chi connectivity index (χ2v) is 8.95. The van der Waals surface area contributed by atoms with Crippen LogP contribution in [-0.4, -0.2) is 50.0 Å². The molecule has 2 aliphatic heterocycles. The third-order valence-corrected chi connectivity index (χ3v) is 6.53. The summed E-state index contributed by atoms with van der Waals surface area (Å²) in [5.74, 6) is 0.513. The summed E-state index contributed by atoms with van der Waals surface area (Å²) < 4.78 is 5.23. The fraction of sp³-hybridized carbons (Fsp3) is 0.417. The molecular formula is C24H28N6O2. The van der Waals surface area contributed by atoms with Crippen molar-refractivity contribution >= 4 is 5.97 Å². The summed E-state index contributed by atoms with van der Waals surface area (Å²) >= 11 is 0. The number of carbonyl (C=O) groups is 1. The number of nitrogens with one attached hydrogen (secondary N) is 1. The van der Waals surface area contributed by atoms with Crippen LogP contribution in [0.5, 0.6) is 0 Å². The third kappa shape index (κ3) is 3.80. The molecule has 2 aliphatic rings. The number of ether oxygens (including phenoxy) is 1. The average molecular weight is 433 g/mol. The molecule has 8 heteroatoms. The number of hydrogen-bond acceptors (Lipinski definition) is 7. The molecule has 0 radical (unpaired) electrons. The Hall–Kier alpha value is -3.10. The molecule has 0 bridgehead atoms. The van der Waals surface area contributed by atoms with Crippen LogP contribution >= 0.6 is 0 Å². The van der Waals surface area contributed by atoms with Gasteiger partial charge in [0.2, 0.25) is 0 Å². The van der Waals surface area contributed by atoms with Gasteiger partial charge in [0.1, 0.15) is 6.61 Å². The Labute approximate surface area is 187 Å². The van der Waals surface area contributed by atoms with Gasteiger partial charge >= 0.3 is 5.97 Å². The van der Waals surface area contributed by atoms with E-state index in [4.69, 9.17) is 4.74 Å². The van der Waals surface area contributed by atoms with Crippen molar-refractivity contribution < 1.29 is 9.53 Å². The second kappa shape index (κ2) is 8.11. The average Bonchev–Trinajstić information content (AvgIpc) is 3.37. The molecule has 32 heavy (non-hydrogen) atoms. The third-order valence-electron chi connectivity index (χ3n) is 6.53. The van der Waals surface area contributed by atoms with Crippen molar-refractivity contribution in [1.82, 2.24) is 30.2 Å². The van der Waals surface area contributed by atoms with Gasteiger partial charge in [-0.1, -0.05) is 6.07 Å². The van der Waals surface area contributed by atoms with Gasteiger partial charge in [0, 0.05) is 43.5 Å². The number of aromatic nitrogens is 4. The molecule has 8 nitrogen and oxygen atoms in total. The maximum Gasteiger partial charge on any atom is 0.338 e. The monoisotopic (exact) mass is 432 g/mol. The van der Waals surface area contributed by atoms with Crippen LogP contribution in [0.3, 0.4) is 0 Å². The van der Waals surface area contributed by atoms with Crippen LogP contribution in [0.15, 0.2) is 30.6 Å². The molecule has 1 saturated heterocycles. The number of aryl methyl sites for hydroxylation is 2. The van der Waals surface area contributed by atoms with E-state index in [0.29, 0.717) is 18.2 Å². The van der Waals surface area contributed by atoms with Gasteiger partial charge in [0.15, 0.2) is 5.82 Å². The van der Waals surface area contributed by atoms with Crippen LogP contribution in [-0.2, 0) is 17.9 Å². The molecule has 1 N–H and O–H groups in total. The zero-order valence-electron chi connectivity index (χ0n) is 18.9. The highest BCUT2D eigenvalue weighted by Crippen LogP contribution is 2.31. The number of esters is 1. The Morgan fingerprint density at radius 3 is 2.81 bits per heavy atom. The molecule has 1 fully saturated rings. The van der Waals surface area contributed by atoms with E-state index in [-0.39, 0.29) is 12.0 Å². The molecule has 0 spiro atoms. The number of rotatable bonds is 4. The topological polar surface area (TPSA) is 85.2 Å². The molecule has 2 atom stereocenters. The molecule has 0 amide bonds. The van der Waals surface area contributed by atoms with Crippen molar-refractivity contribution in [3.63, 3.8) is 0 Å². The first kappa shape index (κ1) is 20.8. The van der Waals surface area contributed by atoms with Gasteiger partial charge in [0.05, 0.1) is 17.5 Å². The molecule has 0 unspecified atom stereocenters. The number of carbonyl (C=O) groups excluding carboxylic acids is 1. The first-order valence-corrected chi connectivity index (χ1v) is 11.0. The van der Waals surface area contributed by atoms with Gasteiger partial charge in [-0.2, -0.15) is 10.2 Å². The van der Waals surface area contributed by atoms with E-state index in [1.54, 1.807) is 4.80 Å². The number of piperazine rings is 1. The first-order valence-electron chi connectivity index (χ1n) is 11.0. The van der Waals surface area contributed by atoms with Gasteiger partial charge in [-0.25, -0.2) is 9.78 Å². The van der Waals surface area contributed by atoms with Gasteiger partial charge < -0.3 is 10.1 Å². The zero-order chi connectivity index (χ0) is 22.4. The molecule has 0 saturated carbocycles. The van der Waals surface area contributed by atoms with Crippen molar-refractivity contribution in [3.05, 3.63) is 69.7 Å². The minimum absolute atomic E-state index is 0.177. The Bertz CT molecular complexity index is 1190. The van der Waals surface area contributed by atoms with E-state index >= 15 is 0 Å². The minimum Gasteiger partial charge on any atom is -0.457 e. The summed E-state index contributed by atoms with van der Waals surface area (Å²) in [6, 6.07) is 6.48. The van der Waals surface area contributed by atoms with Gasteiger partial charge in [-0.05, 0) is 62.1 Å². The Morgan fingerprint density at radius 1 is 1.16 bits per heavy atom. The van der Waals surface area contributed by atoms with Crippen LogP contribution in [0.1, 0.15) is 56.8 Å². The summed E-state index contributed by atoms with van der Waals surface area (Å²) in [5.41, 5.74) is 7.33. The van der Waals surface area contributed by atoms with Crippen LogP contribution < -0.4 is 5.32 Å². The van der Waals surface area contributed by atoms with Crippen molar-refractivity contribution in [2.75, 3.05) is 13.1 Å². The number of hydrogen-bond donors (Lipinski definition) is 1. The maximum absolute atomic E-state index is 11.9. The van der Waals surface area contributed by atoms with Gasteiger partial charge in [0.25, 0.3) is 0 Å². The van der Waals surface area contributed by atoms with Gasteiger partial charge in [-0.3, -0.25) is 4.90 Å². The standard InChI is InChI=1S/C24H28N6O2/c1-14-7-23(25-8-15(14)2)30-26-9-18(28-30)11-29-10-16(3)27-22(12-29)19-5-6-20-21(17(19)4)13-32-24(20)31/h5-9,16,22,27H,10-13H2,1-4H3/t16-,22-/m0/s1. The smallest absolute Gasteiger partial charge is 0.338 e. The minimum atomic E-state index is -0.220. The quantitative estimate of drug-likeness (QED) is 0.635. The lowest BCUT2D eigenvalue weighted by Gasteiger charge is -2.38. The Kier molecular flexibility index (Phi) is 5.27. The lowest BCUT2D eigenvalue weighted by molar-refractivity contribution is 0.0535. The normalized spacial score (nSPS) is 20.9. The zero-order valence-corrected chi connectivity index (χ0v) is 18.9. The number of benzene rings is 1. The first-order chi connectivity index (χ1) is 15.4.